The Labute approximate surface area is 186 Å². The van der Waals surface area contributed by atoms with Crippen LogP contribution in [0.4, 0.5) is 0 Å². The van der Waals surface area contributed by atoms with E-state index in [9.17, 15) is 14.7 Å². The third kappa shape index (κ3) is 9.91. The van der Waals surface area contributed by atoms with Gasteiger partial charge >= 0.3 is 5.97 Å². The van der Waals surface area contributed by atoms with Crippen molar-refractivity contribution in [3.8, 4) is 0 Å². The molecule has 0 unspecified atom stereocenters. The number of carboxylic acid groups (broad SMARTS) is 1. The first-order valence-electron chi connectivity index (χ1n) is 10.5. The number of nitrogens with two attached hydrogens (primary N) is 2. The molecule has 0 aliphatic heterocycles. The van der Waals surface area contributed by atoms with Crippen molar-refractivity contribution in [3.63, 3.8) is 0 Å². The maximum absolute atomic E-state index is 13.3. The first-order valence-corrected chi connectivity index (χ1v) is 12.5. The van der Waals surface area contributed by atoms with Crippen molar-refractivity contribution in [2.45, 2.75) is 71.1 Å². The summed E-state index contributed by atoms with van der Waals surface area (Å²) in [6, 6.07) is -1.72. The molecule has 0 saturated heterocycles. The Morgan fingerprint density at radius 2 is 1.76 bits per heavy atom. The quantitative estimate of drug-likeness (QED) is 0.227. The fourth-order valence-electron chi connectivity index (χ4n) is 3.09. The van der Waals surface area contributed by atoms with Gasteiger partial charge in [-0.2, -0.15) is 24.4 Å². The number of hydrogen-bond donors (Lipinski definition) is 5. The summed E-state index contributed by atoms with van der Waals surface area (Å²) in [5.41, 5.74) is 12.4. The Balaban J connectivity index is 5.63. The molecule has 0 aromatic rings. The number of thioether (sulfide) groups is 1. The van der Waals surface area contributed by atoms with Crippen LogP contribution < -0.4 is 16.8 Å². The van der Waals surface area contributed by atoms with Crippen LogP contribution in [0, 0.1) is 11.8 Å². The Hall–Kier alpha value is -0.480. The van der Waals surface area contributed by atoms with E-state index in [0.717, 1.165) is 18.6 Å². The molecule has 0 radical (unpaired) electrons. The van der Waals surface area contributed by atoms with Gasteiger partial charge in [-0.3, -0.25) is 9.59 Å². The minimum atomic E-state index is -0.872. The number of carbonyl (C=O) groups excluding carboxylic acids is 1. The smallest absolute Gasteiger partial charge is 0.320 e. The van der Waals surface area contributed by atoms with Crippen LogP contribution >= 0.6 is 24.4 Å². The van der Waals surface area contributed by atoms with Crippen LogP contribution in [-0.4, -0.2) is 76.9 Å². The van der Waals surface area contributed by atoms with Crippen LogP contribution in [0.25, 0.3) is 0 Å². The van der Waals surface area contributed by atoms with Gasteiger partial charge in [-0.05, 0) is 30.3 Å². The molecule has 29 heavy (non-hydrogen) atoms. The molecule has 0 aromatic heterocycles. The lowest BCUT2D eigenvalue weighted by molar-refractivity contribution is -0.139. The maximum atomic E-state index is 13.3. The molecule has 7 nitrogen and oxygen atoms in total. The lowest BCUT2D eigenvalue weighted by Gasteiger charge is -2.39. The predicted octanol–water partition coefficient (Wildman–Crippen LogP) is 1.66. The lowest BCUT2D eigenvalue weighted by Crippen LogP contribution is -2.59. The summed E-state index contributed by atoms with van der Waals surface area (Å²) in [6.45, 7) is 8.86. The zero-order chi connectivity index (χ0) is 22.6. The number of nitrogens with one attached hydrogen (secondary N) is 1. The number of rotatable bonds is 16. The first kappa shape index (κ1) is 28.5. The average Bonchev–Trinajstić information content (AvgIpc) is 2.72. The summed E-state index contributed by atoms with van der Waals surface area (Å²) in [5.74, 6) is 0.426. The van der Waals surface area contributed by atoms with Crippen molar-refractivity contribution in [1.82, 2.24) is 10.2 Å². The van der Waals surface area contributed by atoms with Gasteiger partial charge in [0.05, 0.1) is 6.04 Å². The van der Waals surface area contributed by atoms with E-state index >= 15 is 0 Å². The van der Waals surface area contributed by atoms with E-state index in [2.05, 4.69) is 31.8 Å². The standard InChI is InChI=1S/C20H42N4O3S2/c1-6-13(3)17(10-23-16(20(26)27)8-9-29-5)24(11-15(21)12-28)19(25)18(22)14(4)7-2/h13-18,23,28H,6-12,21-22H2,1-5H3,(H,26,27)/t13-,14-,15+,16-,17-,18-/m0/s1. The molecule has 0 bridgehead atoms. The second-order valence-electron chi connectivity index (χ2n) is 7.88. The number of carboxylic acids is 1. The van der Waals surface area contributed by atoms with E-state index in [-0.39, 0.29) is 29.8 Å². The number of aliphatic carboxylic acids is 1. The van der Waals surface area contributed by atoms with Crippen molar-refractivity contribution in [1.29, 1.82) is 0 Å². The fourth-order valence-corrected chi connectivity index (χ4v) is 3.68. The summed E-state index contributed by atoms with van der Waals surface area (Å²) in [5, 5.41) is 12.7. The van der Waals surface area contributed by atoms with Crippen molar-refractivity contribution in [2.24, 2.45) is 23.3 Å². The normalized spacial score (nSPS) is 17.8. The van der Waals surface area contributed by atoms with E-state index in [4.69, 9.17) is 11.5 Å². The van der Waals surface area contributed by atoms with E-state index in [1.54, 1.807) is 16.7 Å². The second-order valence-corrected chi connectivity index (χ2v) is 9.23. The highest BCUT2D eigenvalue weighted by atomic mass is 32.2. The van der Waals surface area contributed by atoms with Crippen LogP contribution in [0.3, 0.4) is 0 Å². The largest absolute Gasteiger partial charge is 0.480 e. The second kappa shape index (κ2) is 15.3. The highest BCUT2D eigenvalue weighted by Gasteiger charge is 2.34. The van der Waals surface area contributed by atoms with E-state index in [1.807, 2.05) is 20.1 Å². The van der Waals surface area contributed by atoms with Gasteiger partial charge in [-0.15, -0.1) is 0 Å². The summed E-state index contributed by atoms with van der Waals surface area (Å²) in [4.78, 5) is 26.7. The van der Waals surface area contributed by atoms with Gasteiger partial charge in [0.2, 0.25) is 5.91 Å². The molecule has 9 heteroatoms. The molecule has 0 heterocycles. The Morgan fingerprint density at radius 3 is 2.21 bits per heavy atom. The van der Waals surface area contributed by atoms with Gasteiger partial charge < -0.3 is 26.8 Å². The minimum Gasteiger partial charge on any atom is -0.480 e. The predicted molar refractivity (Wildman–Crippen MR) is 127 cm³/mol. The van der Waals surface area contributed by atoms with Crippen molar-refractivity contribution >= 4 is 36.3 Å². The summed E-state index contributed by atoms with van der Waals surface area (Å²) in [7, 11) is 0. The van der Waals surface area contributed by atoms with Gasteiger partial charge in [0, 0.05) is 30.9 Å². The van der Waals surface area contributed by atoms with Gasteiger partial charge in [0.15, 0.2) is 0 Å². The molecule has 0 saturated carbocycles. The molecule has 6 atom stereocenters. The van der Waals surface area contributed by atoms with Crippen molar-refractivity contribution in [3.05, 3.63) is 0 Å². The molecule has 6 N–H and O–H groups in total. The first-order chi connectivity index (χ1) is 13.6. The number of hydrogen-bond acceptors (Lipinski definition) is 7. The maximum Gasteiger partial charge on any atom is 0.320 e. The van der Waals surface area contributed by atoms with Gasteiger partial charge in [-0.25, -0.2) is 0 Å². The van der Waals surface area contributed by atoms with Crippen molar-refractivity contribution in [2.75, 3.05) is 30.9 Å². The van der Waals surface area contributed by atoms with Crippen LogP contribution in [0.15, 0.2) is 0 Å². The number of nitrogens with zero attached hydrogens (tertiary/aromatic N) is 1. The van der Waals surface area contributed by atoms with Crippen LogP contribution in [0.1, 0.15) is 47.0 Å². The number of thiol groups is 1. The zero-order valence-corrected chi connectivity index (χ0v) is 20.3. The van der Waals surface area contributed by atoms with Crippen LogP contribution in [0.5, 0.6) is 0 Å². The van der Waals surface area contributed by atoms with Crippen LogP contribution in [-0.2, 0) is 9.59 Å². The summed E-state index contributed by atoms with van der Waals surface area (Å²) >= 11 is 5.89. The van der Waals surface area contributed by atoms with Gasteiger partial charge in [0.1, 0.15) is 6.04 Å². The topological polar surface area (TPSA) is 122 Å². The Bertz CT molecular complexity index is 485. The molecule has 1 amide bonds. The van der Waals surface area contributed by atoms with E-state index in [1.165, 1.54) is 0 Å². The Morgan fingerprint density at radius 1 is 1.17 bits per heavy atom. The van der Waals surface area contributed by atoms with E-state index in [0.29, 0.717) is 25.3 Å². The fraction of sp³-hybridized carbons (Fsp3) is 0.900. The lowest BCUT2D eigenvalue weighted by atomic mass is 9.93. The highest BCUT2D eigenvalue weighted by molar-refractivity contribution is 7.98. The molecule has 0 aliphatic carbocycles. The molecule has 0 rings (SSSR count). The molecular weight excluding hydrogens is 408 g/mol. The Kier molecular flexibility index (Phi) is 15.1. The van der Waals surface area contributed by atoms with E-state index < -0.39 is 18.1 Å². The monoisotopic (exact) mass is 450 g/mol. The third-order valence-corrected chi connectivity index (χ3v) is 6.79. The number of amides is 1. The molecule has 0 fully saturated rings. The zero-order valence-electron chi connectivity index (χ0n) is 18.6. The number of carbonyl (C=O) groups is 2. The SMILES string of the molecule is CC[C@H](C)[C@H](N)C(=O)N(C[C@@H](N)CS)[C@@H](CN[C@@H](CCSC)C(=O)O)[C@@H](C)CC. The van der Waals surface area contributed by atoms with Gasteiger partial charge in [-0.1, -0.05) is 40.5 Å². The minimum absolute atomic E-state index is 0.0520. The summed E-state index contributed by atoms with van der Waals surface area (Å²) in [6.07, 6.45) is 4.14. The molecule has 0 spiro atoms. The molecule has 172 valence electrons. The van der Waals surface area contributed by atoms with Gasteiger partial charge in [0.25, 0.3) is 0 Å². The van der Waals surface area contributed by atoms with Crippen LogP contribution in [0.2, 0.25) is 0 Å². The highest BCUT2D eigenvalue weighted by Crippen LogP contribution is 2.19. The molecular formula is C20H42N4O3S2. The van der Waals surface area contributed by atoms with Crippen molar-refractivity contribution < 1.29 is 14.7 Å². The summed E-state index contributed by atoms with van der Waals surface area (Å²) < 4.78 is 0. The molecule has 0 aromatic carbocycles. The average molecular weight is 451 g/mol. The molecule has 0 aliphatic rings. The third-order valence-electron chi connectivity index (χ3n) is 5.67.